The lowest BCUT2D eigenvalue weighted by molar-refractivity contribution is 0.504. The van der Waals surface area contributed by atoms with Crippen LogP contribution in [-0.2, 0) is 0 Å². The second-order valence-electron chi connectivity index (χ2n) is 3.54. The zero-order valence-corrected chi connectivity index (χ0v) is 8.36. The maximum atomic E-state index is 2.12. The van der Waals surface area contributed by atoms with Gasteiger partial charge in [-0.1, -0.05) is 71.6 Å². The molecule has 1 aliphatic rings. The molecule has 0 aliphatic heterocycles. The van der Waals surface area contributed by atoms with Crippen LogP contribution in [0.4, 0.5) is 0 Å². The summed E-state index contributed by atoms with van der Waals surface area (Å²) in [4.78, 5) is 0. The Balaban J connectivity index is 0.000000292. The van der Waals surface area contributed by atoms with E-state index in [0.717, 1.165) is 0 Å². The molecule has 68 valence electrons. The second kappa shape index (κ2) is 10.0. The molecule has 1 aliphatic carbocycles. The van der Waals surface area contributed by atoms with Crippen LogP contribution in [-0.4, -0.2) is 0 Å². The summed E-state index contributed by atoms with van der Waals surface area (Å²) >= 11 is 0. The Kier molecular flexibility index (Phi) is 10.0. The average molecular weight is 156 g/mol. The molecule has 0 bridgehead atoms. The molecule has 0 aromatic carbocycles. The van der Waals surface area contributed by atoms with Crippen LogP contribution >= 0.6 is 0 Å². The molecule has 1 saturated carbocycles. The molecule has 0 spiro atoms. The third-order valence-electron chi connectivity index (χ3n) is 2.00. The Morgan fingerprint density at radius 3 is 0.727 bits per heavy atom. The molecule has 0 heterocycles. The minimum Gasteiger partial charge on any atom is -0.0656 e. The highest BCUT2D eigenvalue weighted by molar-refractivity contribution is 4.51. The van der Waals surface area contributed by atoms with E-state index < -0.39 is 0 Å². The molecule has 1 rings (SSSR count). The van der Waals surface area contributed by atoms with E-state index in [0.29, 0.717) is 0 Å². The van der Waals surface area contributed by atoms with Crippen molar-refractivity contribution in [2.24, 2.45) is 0 Å². The van der Waals surface area contributed by atoms with Gasteiger partial charge < -0.3 is 0 Å². The maximum absolute atomic E-state index is 2.12. The van der Waals surface area contributed by atoms with Gasteiger partial charge in [0.15, 0.2) is 0 Å². The third-order valence-corrected chi connectivity index (χ3v) is 2.00. The monoisotopic (exact) mass is 156 g/mol. The molecular weight excluding hydrogens is 132 g/mol. The van der Waals surface area contributed by atoms with Crippen LogP contribution in [0.5, 0.6) is 0 Å². The molecule has 11 heavy (non-hydrogen) atoms. The Hall–Kier alpha value is 0. The molecular formula is C11H24. The molecule has 0 nitrogen and oxygen atoms in total. The Bertz CT molecular complexity index is 33.1. The van der Waals surface area contributed by atoms with Crippen LogP contribution in [0, 0.1) is 0 Å². The van der Waals surface area contributed by atoms with Crippen LogP contribution in [0.2, 0.25) is 0 Å². The number of hydrogen-bond donors (Lipinski definition) is 0. The van der Waals surface area contributed by atoms with Gasteiger partial charge in [-0.2, -0.15) is 0 Å². The summed E-state index contributed by atoms with van der Waals surface area (Å²) in [6.45, 7) is 4.25. The molecule has 0 radical (unpaired) electrons. The fourth-order valence-electron chi connectivity index (χ4n) is 1.41. The minimum absolute atomic E-state index is 1.25. The molecule has 1 fully saturated rings. The predicted molar refractivity (Wildman–Crippen MR) is 52.9 cm³/mol. The van der Waals surface area contributed by atoms with E-state index in [4.69, 9.17) is 0 Å². The van der Waals surface area contributed by atoms with Gasteiger partial charge in [0.05, 0.1) is 0 Å². The highest BCUT2D eigenvalue weighted by atomic mass is 14.0. The van der Waals surface area contributed by atoms with Gasteiger partial charge >= 0.3 is 0 Å². The van der Waals surface area contributed by atoms with E-state index in [1.807, 2.05) is 0 Å². The molecule has 0 aromatic rings. The first-order valence-corrected chi connectivity index (χ1v) is 5.41. The fourth-order valence-corrected chi connectivity index (χ4v) is 1.41. The summed E-state index contributed by atoms with van der Waals surface area (Å²) in [6, 6.07) is 0. The summed E-state index contributed by atoms with van der Waals surface area (Å²) in [6.07, 6.45) is 13.2. The lowest BCUT2D eigenvalue weighted by atomic mass is 10.0. The summed E-state index contributed by atoms with van der Waals surface area (Å²) in [5.74, 6) is 0. The van der Waals surface area contributed by atoms with Crippen LogP contribution in [0.25, 0.3) is 0 Å². The molecule has 0 saturated heterocycles. The van der Waals surface area contributed by atoms with Crippen molar-refractivity contribution in [1.29, 1.82) is 0 Å². The number of hydrogen-bond acceptors (Lipinski definition) is 0. The normalized spacial score (nSPS) is 19.1. The van der Waals surface area contributed by atoms with E-state index in [9.17, 15) is 0 Å². The Morgan fingerprint density at radius 2 is 0.636 bits per heavy atom. The lowest BCUT2D eigenvalue weighted by Gasteiger charge is -2.05. The Labute approximate surface area is 72.4 Å². The van der Waals surface area contributed by atoms with Crippen molar-refractivity contribution in [3.05, 3.63) is 0 Å². The van der Waals surface area contributed by atoms with Gasteiger partial charge in [-0.25, -0.2) is 0 Å². The molecule has 0 heteroatoms. The van der Waals surface area contributed by atoms with Crippen molar-refractivity contribution in [2.45, 2.75) is 71.6 Å². The summed E-state index contributed by atoms with van der Waals surface area (Å²) in [5.41, 5.74) is 0. The van der Waals surface area contributed by atoms with E-state index in [-0.39, 0.29) is 0 Å². The Morgan fingerprint density at radius 1 is 0.545 bits per heavy atom. The van der Waals surface area contributed by atoms with Gasteiger partial charge in [-0.3, -0.25) is 0 Å². The van der Waals surface area contributed by atoms with Crippen LogP contribution in [0.1, 0.15) is 71.6 Å². The summed E-state index contributed by atoms with van der Waals surface area (Å²) in [5, 5.41) is 0. The van der Waals surface area contributed by atoms with Crippen molar-refractivity contribution in [1.82, 2.24) is 0 Å². The van der Waals surface area contributed by atoms with Gasteiger partial charge in [0.2, 0.25) is 0 Å². The van der Waals surface area contributed by atoms with Gasteiger partial charge in [-0.05, 0) is 0 Å². The second-order valence-corrected chi connectivity index (χ2v) is 3.54. The zero-order valence-electron chi connectivity index (χ0n) is 8.36. The maximum Gasteiger partial charge on any atom is -0.0533 e. The van der Waals surface area contributed by atoms with Gasteiger partial charge in [0.1, 0.15) is 0 Å². The summed E-state index contributed by atoms with van der Waals surface area (Å²) in [7, 11) is 0. The summed E-state index contributed by atoms with van der Waals surface area (Å²) < 4.78 is 0. The first-order valence-electron chi connectivity index (χ1n) is 5.41. The van der Waals surface area contributed by atoms with Crippen LogP contribution < -0.4 is 0 Å². The topological polar surface area (TPSA) is 0 Å². The minimum atomic E-state index is 1.25. The first-order chi connectivity index (χ1) is 5.41. The van der Waals surface area contributed by atoms with E-state index in [1.54, 1.807) is 0 Å². The average Bonchev–Trinajstić information content (AvgIpc) is 1.86. The molecule has 0 aromatic heterocycles. The predicted octanol–water partition coefficient (Wildman–Crippen LogP) is 4.54. The first kappa shape index (κ1) is 11.0. The smallest absolute Gasteiger partial charge is 0.0533 e. The lowest BCUT2D eigenvalue weighted by Crippen LogP contribution is -1.85. The SMILES string of the molecule is C1CCCCCCC1.CCC. The van der Waals surface area contributed by atoms with Gasteiger partial charge in [-0.15, -0.1) is 0 Å². The third kappa shape index (κ3) is 10.0. The quantitative estimate of drug-likeness (QED) is 0.483. The van der Waals surface area contributed by atoms with E-state index >= 15 is 0 Å². The van der Waals surface area contributed by atoms with Gasteiger partial charge in [0, 0.05) is 0 Å². The van der Waals surface area contributed by atoms with Gasteiger partial charge in [0.25, 0.3) is 0 Å². The van der Waals surface area contributed by atoms with Crippen LogP contribution in [0.3, 0.4) is 0 Å². The van der Waals surface area contributed by atoms with Crippen molar-refractivity contribution in [3.8, 4) is 0 Å². The zero-order chi connectivity index (χ0) is 8.36. The largest absolute Gasteiger partial charge is 0.0656 e. The highest BCUT2D eigenvalue weighted by Gasteiger charge is 1.95. The standard InChI is InChI=1S/C8H16.C3H8/c1-2-4-6-8-7-5-3-1;1-3-2/h1-8H2;3H2,1-2H3. The molecule has 0 unspecified atom stereocenters. The molecule has 0 N–H and O–H groups in total. The van der Waals surface area contributed by atoms with Crippen molar-refractivity contribution < 1.29 is 0 Å². The van der Waals surface area contributed by atoms with E-state index in [1.165, 1.54) is 57.8 Å². The fraction of sp³-hybridized carbons (Fsp3) is 1.00. The van der Waals surface area contributed by atoms with Crippen molar-refractivity contribution in [2.75, 3.05) is 0 Å². The van der Waals surface area contributed by atoms with Crippen molar-refractivity contribution in [3.63, 3.8) is 0 Å². The van der Waals surface area contributed by atoms with Crippen molar-refractivity contribution >= 4 is 0 Å². The molecule has 0 atom stereocenters. The van der Waals surface area contributed by atoms with E-state index in [2.05, 4.69) is 13.8 Å². The molecule has 0 amide bonds. The number of rotatable bonds is 0. The highest BCUT2D eigenvalue weighted by Crippen LogP contribution is 2.15. The van der Waals surface area contributed by atoms with Crippen LogP contribution in [0.15, 0.2) is 0 Å².